The number of halogens is 1. The molecule has 2 rings (SSSR count). The summed E-state index contributed by atoms with van der Waals surface area (Å²) >= 11 is 6.43. The van der Waals surface area contributed by atoms with Gasteiger partial charge in [-0.1, -0.05) is 17.7 Å². The van der Waals surface area contributed by atoms with E-state index in [-0.39, 0.29) is 5.54 Å². The maximum Gasteiger partial charge on any atom is 0.0668 e. The number of anilines is 1. The Morgan fingerprint density at radius 2 is 2.15 bits per heavy atom. The maximum absolute atomic E-state index is 6.43. The van der Waals surface area contributed by atoms with Crippen molar-refractivity contribution in [3.05, 3.63) is 28.8 Å². The zero-order valence-corrected chi connectivity index (χ0v) is 13.6. The van der Waals surface area contributed by atoms with E-state index in [1.165, 1.54) is 11.3 Å². The molecule has 0 spiro atoms. The van der Waals surface area contributed by atoms with Crippen LogP contribution in [0.4, 0.5) is 5.69 Å². The molecule has 3 nitrogen and oxygen atoms in total. The molecule has 0 saturated carbocycles. The summed E-state index contributed by atoms with van der Waals surface area (Å²) in [7, 11) is 0. The Balaban J connectivity index is 2.25. The number of rotatable bonds is 3. The first-order valence-corrected chi connectivity index (χ1v) is 7.63. The molecule has 1 heterocycles. The van der Waals surface area contributed by atoms with Crippen molar-refractivity contribution in [2.24, 2.45) is 0 Å². The van der Waals surface area contributed by atoms with Crippen LogP contribution < -0.4 is 10.2 Å². The Bertz CT molecular complexity index is 456. The number of benzene rings is 1. The number of ether oxygens (including phenoxy) is 1. The quantitative estimate of drug-likeness (QED) is 0.924. The molecule has 1 aliphatic rings. The van der Waals surface area contributed by atoms with Crippen LogP contribution >= 0.6 is 11.6 Å². The van der Waals surface area contributed by atoms with Gasteiger partial charge in [-0.2, -0.15) is 0 Å². The van der Waals surface area contributed by atoms with E-state index in [0.29, 0.717) is 6.04 Å². The zero-order valence-electron chi connectivity index (χ0n) is 12.9. The molecule has 1 aromatic carbocycles. The van der Waals surface area contributed by atoms with Gasteiger partial charge in [-0.15, -0.1) is 0 Å². The minimum absolute atomic E-state index is 0.0765. The van der Waals surface area contributed by atoms with Crippen molar-refractivity contribution >= 4 is 17.3 Å². The molecule has 0 radical (unpaired) electrons. The largest absolute Gasteiger partial charge is 0.377 e. The fourth-order valence-electron chi connectivity index (χ4n) is 2.43. The summed E-state index contributed by atoms with van der Waals surface area (Å²) in [5, 5.41) is 4.36. The zero-order chi connectivity index (χ0) is 14.8. The van der Waals surface area contributed by atoms with Crippen molar-refractivity contribution in [1.82, 2.24) is 5.32 Å². The molecule has 0 aromatic heterocycles. The van der Waals surface area contributed by atoms with Gasteiger partial charge in [-0.05, 0) is 39.8 Å². The standard InChI is InChI=1S/C16H25ClN2O/c1-12-11-20-9-8-19(12)15-7-5-6-14(17)13(15)10-18-16(2,3)4/h5-7,12,18H,8-11H2,1-4H3. The second-order valence-corrected chi connectivity index (χ2v) is 6.87. The third kappa shape index (κ3) is 3.87. The average molecular weight is 297 g/mol. The lowest BCUT2D eigenvalue weighted by atomic mass is 10.1. The van der Waals surface area contributed by atoms with Crippen LogP contribution in [-0.4, -0.2) is 31.3 Å². The van der Waals surface area contributed by atoms with Crippen molar-refractivity contribution in [3.8, 4) is 0 Å². The van der Waals surface area contributed by atoms with E-state index in [2.05, 4.69) is 44.0 Å². The van der Waals surface area contributed by atoms with Gasteiger partial charge in [0.1, 0.15) is 0 Å². The van der Waals surface area contributed by atoms with Gasteiger partial charge in [0.05, 0.1) is 13.2 Å². The van der Waals surface area contributed by atoms with Crippen molar-refractivity contribution in [2.75, 3.05) is 24.7 Å². The van der Waals surface area contributed by atoms with E-state index in [9.17, 15) is 0 Å². The van der Waals surface area contributed by atoms with Crippen LogP contribution in [0.3, 0.4) is 0 Å². The number of nitrogens with zero attached hydrogens (tertiary/aromatic N) is 1. The normalized spacial score (nSPS) is 20.2. The van der Waals surface area contributed by atoms with Gasteiger partial charge in [0.2, 0.25) is 0 Å². The second kappa shape index (κ2) is 6.33. The molecular weight excluding hydrogens is 272 g/mol. The summed E-state index contributed by atoms with van der Waals surface area (Å²) in [6, 6.07) is 6.54. The molecule has 1 saturated heterocycles. The van der Waals surface area contributed by atoms with Gasteiger partial charge in [0, 0.05) is 40.9 Å². The van der Waals surface area contributed by atoms with Gasteiger partial charge < -0.3 is 15.0 Å². The van der Waals surface area contributed by atoms with Gasteiger partial charge in [0.25, 0.3) is 0 Å². The molecule has 1 atom stereocenters. The fourth-order valence-corrected chi connectivity index (χ4v) is 2.67. The van der Waals surface area contributed by atoms with Crippen LogP contribution in [0, 0.1) is 0 Å². The first-order valence-electron chi connectivity index (χ1n) is 7.25. The summed E-state index contributed by atoms with van der Waals surface area (Å²) in [6.07, 6.45) is 0. The van der Waals surface area contributed by atoms with E-state index in [1.807, 2.05) is 12.1 Å². The number of morpholine rings is 1. The first kappa shape index (κ1) is 15.6. The molecule has 1 aromatic rings. The molecular formula is C16H25ClN2O. The fraction of sp³-hybridized carbons (Fsp3) is 0.625. The SMILES string of the molecule is CC1COCCN1c1cccc(Cl)c1CNC(C)(C)C. The minimum atomic E-state index is 0.0765. The van der Waals surface area contributed by atoms with E-state index < -0.39 is 0 Å². The van der Waals surface area contributed by atoms with Crippen molar-refractivity contribution in [2.45, 2.75) is 45.8 Å². The van der Waals surface area contributed by atoms with Crippen molar-refractivity contribution < 1.29 is 4.74 Å². The van der Waals surface area contributed by atoms with E-state index >= 15 is 0 Å². The molecule has 1 unspecified atom stereocenters. The summed E-state index contributed by atoms with van der Waals surface area (Å²) in [5.41, 5.74) is 2.48. The molecule has 0 aliphatic carbocycles. The summed E-state index contributed by atoms with van der Waals surface area (Å²) in [4.78, 5) is 2.40. The Labute approximate surface area is 127 Å². The highest BCUT2D eigenvalue weighted by Gasteiger charge is 2.23. The van der Waals surface area contributed by atoms with Crippen LogP contribution in [0.1, 0.15) is 33.3 Å². The minimum Gasteiger partial charge on any atom is -0.377 e. The lowest BCUT2D eigenvalue weighted by Gasteiger charge is -2.37. The monoisotopic (exact) mass is 296 g/mol. The number of hydrogen-bond donors (Lipinski definition) is 1. The van der Waals surface area contributed by atoms with Gasteiger partial charge in [-0.25, -0.2) is 0 Å². The third-order valence-corrected chi connectivity index (χ3v) is 3.92. The molecule has 0 bridgehead atoms. The average Bonchev–Trinajstić information content (AvgIpc) is 2.36. The molecule has 1 aliphatic heterocycles. The molecule has 1 fully saturated rings. The topological polar surface area (TPSA) is 24.5 Å². The van der Waals surface area contributed by atoms with Crippen molar-refractivity contribution in [1.29, 1.82) is 0 Å². The highest BCUT2D eigenvalue weighted by atomic mass is 35.5. The molecule has 20 heavy (non-hydrogen) atoms. The second-order valence-electron chi connectivity index (χ2n) is 6.46. The van der Waals surface area contributed by atoms with Crippen molar-refractivity contribution in [3.63, 3.8) is 0 Å². The van der Waals surface area contributed by atoms with E-state index in [1.54, 1.807) is 0 Å². The lowest BCUT2D eigenvalue weighted by molar-refractivity contribution is 0.0988. The Hall–Kier alpha value is -0.770. The third-order valence-electron chi connectivity index (χ3n) is 3.57. The highest BCUT2D eigenvalue weighted by Crippen LogP contribution is 2.30. The van der Waals surface area contributed by atoms with Gasteiger partial charge in [-0.3, -0.25) is 0 Å². The molecule has 1 N–H and O–H groups in total. The molecule has 4 heteroatoms. The van der Waals surface area contributed by atoms with Crippen LogP contribution in [0.5, 0.6) is 0 Å². The Kier molecular flexibility index (Phi) is 4.95. The summed E-state index contributed by atoms with van der Waals surface area (Å²) in [6.45, 7) is 12.0. The van der Waals surface area contributed by atoms with E-state index in [0.717, 1.165) is 31.3 Å². The number of nitrogens with one attached hydrogen (secondary N) is 1. The predicted octanol–water partition coefficient (Wildman–Crippen LogP) is 3.45. The first-order chi connectivity index (χ1) is 9.38. The maximum atomic E-state index is 6.43. The number of hydrogen-bond acceptors (Lipinski definition) is 3. The molecule has 112 valence electrons. The van der Waals surface area contributed by atoms with E-state index in [4.69, 9.17) is 16.3 Å². The van der Waals surface area contributed by atoms with Crippen LogP contribution in [0.15, 0.2) is 18.2 Å². The van der Waals surface area contributed by atoms with Crippen LogP contribution in [0.25, 0.3) is 0 Å². The van der Waals surface area contributed by atoms with Crippen LogP contribution in [0.2, 0.25) is 5.02 Å². The summed E-state index contributed by atoms with van der Waals surface area (Å²) < 4.78 is 5.53. The highest BCUT2D eigenvalue weighted by molar-refractivity contribution is 6.31. The van der Waals surface area contributed by atoms with Gasteiger partial charge >= 0.3 is 0 Å². The Morgan fingerprint density at radius 1 is 1.40 bits per heavy atom. The molecule has 0 amide bonds. The summed E-state index contributed by atoms with van der Waals surface area (Å²) in [5.74, 6) is 0. The van der Waals surface area contributed by atoms with Crippen LogP contribution in [-0.2, 0) is 11.3 Å². The van der Waals surface area contributed by atoms with Gasteiger partial charge in [0.15, 0.2) is 0 Å². The Morgan fingerprint density at radius 3 is 2.80 bits per heavy atom. The predicted molar refractivity (Wildman–Crippen MR) is 85.7 cm³/mol. The lowest BCUT2D eigenvalue weighted by Crippen LogP contribution is -2.44. The smallest absolute Gasteiger partial charge is 0.0668 e.